The molecule has 0 bridgehead atoms. The zero-order valence-electron chi connectivity index (χ0n) is 15.4. The Morgan fingerprint density at radius 3 is 2.33 bits per heavy atom. The number of nitrogens with one attached hydrogen (secondary N) is 2. The highest BCUT2D eigenvalue weighted by Crippen LogP contribution is 2.18. The summed E-state index contributed by atoms with van der Waals surface area (Å²) >= 11 is 0. The van der Waals surface area contributed by atoms with Crippen molar-refractivity contribution in [1.82, 2.24) is 5.32 Å². The van der Waals surface area contributed by atoms with Gasteiger partial charge >= 0.3 is 12.1 Å². The molecule has 0 saturated heterocycles. The SMILES string of the molecule is COC(=O)NC(Cc1ccccc1)C(=O)Nc1cc(C(=O)OC)ccc1C. The van der Waals surface area contributed by atoms with Gasteiger partial charge in [0, 0.05) is 12.1 Å². The lowest BCUT2D eigenvalue weighted by Gasteiger charge is -2.19. The fourth-order valence-electron chi connectivity index (χ4n) is 2.48. The standard InChI is InChI=1S/C20H22N2O5/c1-13-9-10-15(19(24)26-2)12-16(13)21-18(23)17(22-20(25)27-3)11-14-7-5-4-6-8-14/h4-10,12,17H,11H2,1-3H3,(H,21,23)(H,22,25). The van der Waals surface area contributed by atoms with Gasteiger partial charge in [0.15, 0.2) is 0 Å². The molecule has 2 rings (SSSR count). The van der Waals surface area contributed by atoms with Crippen LogP contribution in [0, 0.1) is 6.92 Å². The second-order valence-corrected chi connectivity index (χ2v) is 5.89. The lowest BCUT2D eigenvalue weighted by molar-refractivity contribution is -0.118. The minimum atomic E-state index is -0.846. The number of ether oxygens (including phenoxy) is 2. The topological polar surface area (TPSA) is 93.7 Å². The van der Waals surface area contributed by atoms with E-state index in [1.165, 1.54) is 20.3 Å². The Bertz CT molecular complexity index is 820. The smallest absolute Gasteiger partial charge is 0.407 e. The maximum Gasteiger partial charge on any atom is 0.407 e. The van der Waals surface area contributed by atoms with Gasteiger partial charge in [0.1, 0.15) is 6.04 Å². The monoisotopic (exact) mass is 370 g/mol. The van der Waals surface area contributed by atoms with Crippen LogP contribution in [0.15, 0.2) is 48.5 Å². The average molecular weight is 370 g/mol. The predicted octanol–water partition coefficient (Wildman–Crippen LogP) is 2.69. The maximum absolute atomic E-state index is 12.8. The molecule has 1 atom stereocenters. The average Bonchev–Trinajstić information content (AvgIpc) is 2.69. The molecule has 27 heavy (non-hydrogen) atoms. The number of alkyl carbamates (subject to hydrolysis) is 1. The van der Waals surface area contributed by atoms with Crippen LogP contribution in [-0.2, 0) is 20.7 Å². The van der Waals surface area contributed by atoms with Crippen LogP contribution < -0.4 is 10.6 Å². The number of hydrogen-bond donors (Lipinski definition) is 2. The van der Waals surface area contributed by atoms with E-state index in [-0.39, 0.29) is 6.42 Å². The highest BCUT2D eigenvalue weighted by Gasteiger charge is 2.22. The molecule has 0 heterocycles. The Morgan fingerprint density at radius 1 is 1.00 bits per heavy atom. The zero-order chi connectivity index (χ0) is 19.8. The Labute approximate surface area is 157 Å². The number of hydrogen-bond acceptors (Lipinski definition) is 5. The maximum atomic E-state index is 12.8. The van der Waals surface area contributed by atoms with Gasteiger partial charge in [-0.2, -0.15) is 0 Å². The highest BCUT2D eigenvalue weighted by atomic mass is 16.5. The van der Waals surface area contributed by atoms with Gasteiger partial charge in [-0.15, -0.1) is 0 Å². The number of carbonyl (C=O) groups excluding carboxylic acids is 3. The van der Waals surface area contributed by atoms with Crippen LogP contribution >= 0.6 is 0 Å². The summed E-state index contributed by atoms with van der Waals surface area (Å²) in [5.74, 6) is -0.923. The molecule has 0 saturated carbocycles. The van der Waals surface area contributed by atoms with E-state index in [4.69, 9.17) is 4.74 Å². The number of rotatable bonds is 6. The van der Waals surface area contributed by atoms with Crippen molar-refractivity contribution in [2.45, 2.75) is 19.4 Å². The summed E-state index contributed by atoms with van der Waals surface area (Å²) in [6.07, 6.45) is -0.413. The van der Waals surface area contributed by atoms with Crippen LogP contribution in [-0.4, -0.2) is 38.2 Å². The second-order valence-electron chi connectivity index (χ2n) is 5.89. The third kappa shape index (κ3) is 5.57. The number of aryl methyl sites for hydroxylation is 1. The Morgan fingerprint density at radius 2 is 1.70 bits per heavy atom. The molecule has 142 valence electrons. The number of anilines is 1. The van der Waals surface area contributed by atoms with Gasteiger partial charge in [-0.1, -0.05) is 36.4 Å². The van der Waals surface area contributed by atoms with Gasteiger partial charge in [-0.25, -0.2) is 9.59 Å². The normalized spacial score (nSPS) is 11.2. The van der Waals surface area contributed by atoms with Crippen molar-refractivity contribution in [2.24, 2.45) is 0 Å². The molecule has 0 aromatic heterocycles. The van der Waals surface area contributed by atoms with Crippen molar-refractivity contribution >= 4 is 23.7 Å². The van der Waals surface area contributed by atoms with E-state index < -0.39 is 24.0 Å². The minimum Gasteiger partial charge on any atom is -0.465 e. The molecule has 7 heteroatoms. The highest BCUT2D eigenvalue weighted by molar-refractivity contribution is 5.99. The minimum absolute atomic E-state index is 0.289. The molecule has 0 aliphatic rings. The summed E-state index contributed by atoms with van der Waals surface area (Å²) in [7, 11) is 2.52. The predicted molar refractivity (Wildman–Crippen MR) is 101 cm³/mol. The summed E-state index contributed by atoms with van der Waals surface area (Å²) in [4.78, 5) is 36.1. The first-order valence-electron chi connectivity index (χ1n) is 8.32. The molecule has 1 unspecified atom stereocenters. The van der Waals surface area contributed by atoms with Crippen LogP contribution in [0.25, 0.3) is 0 Å². The van der Waals surface area contributed by atoms with Crippen LogP contribution in [0.5, 0.6) is 0 Å². The van der Waals surface area contributed by atoms with Crippen LogP contribution in [0.3, 0.4) is 0 Å². The van der Waals surface area contributed by atoms with Gasteiger partial charge < -0.3 is 20.1 Å². The van der Waals surface area contributed by atoms with Crippen molar-refractivity contribution in [3.63, 3.8) is 0 Å². The lowest BCUT2D eigenvalue weighted by Crippen LogP contribution is -2.45. The summed E-state index contributed by atoms with van der Waals surface area (Å²) in [6, 6.07) is 13.3. The van der Waals surface area contributed by atoms with Gasteiger partial charge in [0.2, 0.25) is 5.91 Å². The summed E-state index contributed by atoms with van der Waals surface area (Å²) in [5, 5.41) is 5.30. The van der Waals surface area contributed by atoms with Gasteiger partial charge in [-0.3, -0.25) is 4.79 Å². The number of methoxy groups -OCH3 is 2. The molecule has 0 radical (unpaired) electrons. The fraction of sp³-hybridized carbons (Fsp3) is 0.250. The number of amides is 2. The molecule has 2 N–H and O–H groups in total. The van der Waals surface area contributed by atoms with Crippen LogP contribution in [0.4, 0.5) is 10.5 Å². The Kier molecular flexibility index (Phi) is 6.93. The van der Waals surface area contributed by atoms with Crippen molar-refractivity contribution in [3.05, 3.63) is 65.2 Å². The van der Waals surface area contributed by atoms with E-state index in [1.807, 2.05) is 30.3 Å². The van der Waals surface area contributed by atoms with Crippen molar-refractivity contribution in [3.8, 4) is 0 Å². The van der Waals surface area contributed by atoms with E-state index >= 15 is 0 Å². The molecular formula is C20H22N2O5. The summed E-state index contributed by atoms with van der Waals surface area (Å²) in [5.41, 5.74) is 2.44. The third-order valence-corrected chi connectivity index (χ3v) is 3.99. The molecule has 0 aliphatic heterocycles. The van der Waals surface area contributed by atoms with Crippen LogP contribution in [0.1, 0.15) is 21.5 Å². The first-order chi connectivity index (χ1) is 12.9. The van der Waals surface area contributed by atoms with E-state index in [0.29, 0.717) is 11.3 Å². The van der Waals surface area contributed by atoms with Crippen molar-refractivity contribution in [2.75, 3.05) is 19.5 Å². The van der Waals surface area contributed by atoms with E-state index in [9.17, 15) is 14.4 Å². The van der Waals surface area contributed by atoms with E-state index in [1.54, 1.807) is 19.1 Å². The fourth-order valence-corrected chi connectivity index (χ4v) is 2.48. The first-order valence-corrected chi connectivity index (χ1v) is 8.32. The van der Waals surface area contributed by atoms with Gasteiger partial charge in [-0.05, 0) is 30.2 Å². The largest absolute Gasteiger partial charge is 0.465 e. The van der Waals surface area contributed by atoms with Crippen molar-refractivity contribution in [1.29, 1.82) is 0 Å². The molecule has 7 nitrogen and oxygen atoms in total. The van der Waals surface area contributed by atoms with Crippen molar-refractivity contribution < 1.29 is 23.9 Å². The van der Waals surface area contributed by atoms with Gasteiger partial charge in [0.05, 0.1) is 19.8 Å². The van der Waals surface area contributed by atoms with Gasteiger partial charge in [0.25, 0.3) is 0 Å². The molecule has 2 amide bonds. The Balaban J connectivity index is 2.22. The Hall–Kier alpha value is -3.35. The molecule has 0 fully saturated rings. The zero-order valence-corrected chi connectivity index (χ0v) is 15.4. The lowest BCUT2D eigenvalue weighted by atomic mass is 10.0. The molecule has 2 aromatic rings. The number of benzene rings is 2. The second kappa shape index (κ2) is 9.38. The third-order valence-electron chi connectivity index (χ3n) is 3.99. The van der Waals surface area contributed by atoms with E-state index in [0.717, 1.165) is 11.1 Å². The summed E-state index contributed by atoms with van der Waals surface area (Å²) < 4.78 is 9.32. The quantitative estimate of drug-likeness (QED) is 0.763. The number of carbonyl (C=O) groups is 3. The van der Waals surface area contributed by atoms with Crippen LogP contribution in [0.2, 0.25) is 0 Å². The molecule has 0 aliphatic carbocycles. The molecule has 2 aromatic carbocycles. The molecular weight excluding hydrogens is 348 g/mol. The number of esters is 1. The first kappa shape index (κ1) is 20.0. The van der Waals surface area contributed by atoms with E-state index in [2.05, 4.69) is 15.4 Å². The summed E-state index contributed by atoms with van der Waals surface area (Å²) in [6.45, 7) is 1.80. The molecule has 0 spiro atoms.